The summed E-state index contributed by atoms with van der Waals surface area (Å²) >= 11 is 0. The van der Waals surface area contributed by atoms with Gasteiger partial charge in [0.1, 0.15) is 17.5 Å². The molecule has 10 heteroatoms. The van der Waals surface area contributed by atoms with Crippen LogP contribution >= 0.6 is 0 Å². The number of nitrogens with zero attached hydrogens (tertiary/aromatic N) is 9. The van der Waals surface area contributed by atoms with Gasteiger partial charge in [0, 0.05) is 16.7 Å². The van der Waals surface area contributed by atoms with E-state index in [0.29, 0.717) is 0 Å². The first kappa shape index (κ1) is 41.0. The van der Waals surface area contributed by atoms with E-state index in [1.165, 1.54) is 16.7 Å². The number of rotatable bonds is 6. The molecule has 1 radical (unpaired) electrons. The van der Waals surface area contributed by atoms with E-state index in [9.17, 15) is 0 Å². The van der Waals surface area contributed by atoms with Crippen LogP contribution in [0.15, 0.2) is 164 Å². The molecule has 0 fully saturated rings. The molecule has 0 aliphatic rings. The molecule has 0 saturated carbocycles. The first-order valence-corrected chi connectivity index (χ1v) is 18.9. The summed E-state index contributed by atoms with van der Waals surface area (Å²) < 4.78 is 5.75. The van der Waals surface area contributed by atoms with Crippen LogP contribution < -0.4 is 0 Å². The number of aromatic nitrogens is 9. The molecule has 0 atom stereocenters. The fraction of sp³-hybridized carbons (Fsp3) is 0.125. The normalized spacial score (nSPS) is 10.4. The van der Waals surface area contributed by atoms with Crippen LogP contribution in [0.25, 0.3) is 51.2 Å². The summed E-state index contributed by atoms with van der Waals surface area (Å²) in [5.74, 6) is 4.98. The molecule has 3 aromatic heterocycles. The molecule has 6 aromatic carbocycles. The Labute approximate surface area is 352 Å². The first-order valence-electron chi connectivity index (χ1n) is 18.9. The minimum absolute atomic E-state index is 0. The second kappa shape index (κ2) is 19.0. The monoisotopic (exact) mass is 849 g/mol. The van der Waals surface area contributed by atoms with Gasteiger partial charge in [-0.05, 0) is 76.4 Å². The Bertz CT molecular complexity index is 2400. The Morgan fingerprint density at radius 1 is 0.293 bits per heavy atom. The van der Waals surface area contributed by atoms with Crippen molar-refractivity contribution in [2.75, 3.05) is 0 Å². The van der Waals surface area contributed by atoms with Gasteiger partial charge in [-0.25, -0.2) is 29.0 Å². The van der Waals surface area contributed by atoms with Gasteiger partial charge in [0.15, 0.2) is 17.5 Å². The van der Waals surface area contributed by atoms with E-state index in [-0.39, 0.29) is 19.5 Å². The van der Waals surface area contributed by atoms with Crippen molar-refractivity contribution in [3.05, 3.63) is 198 Å². The predicted octanol–water partition coefficient (Wildman–Crippen LogP) is 10.7. The van der Waals surface area contributed by atoms with E-state index in [1.54, 1.807) is 0 Å². The van der Waals surface area contributed by atoms with Gasteiger partial charge in [0.2, 0.25) is 0 Å². The number of aryl methyl sites for hydroxylation is 6. The van der Waals surface area contributed by atoms with Gasteiger partial charge >= 0.3 is 19.5 Å². The van der Waals surface area contributed by atoms with Gasteiger partial charge in [0.25, 0.3) is 0 Å². The quantitative estimate of drug-likeness (QED) is 0.155. The summed E-state index contributed by atoms with van der Waals surface area (Å²) in [6.07, 6.45) is 0. The van der Waals surface area contributed by atoms with Crippen LogP contribution in [0, 0.1) is 41.5 Å². The summed E-state index contributed by atoms with van der Waals surface area (Å²) in [5.41, 5.74) is 9.99. The van der Waals surface area contributed by atoms with Crippen molar-refractivity contribution >= 4 is 0 Å². The maximum absolute atomic E-state index is 4.55. The third-order valence-electron chi connectivity index (χ3n) is 9.27. The molecular weight excluding hydrogens is 804 g/mol. The van der Waals surface area contributed by atoms with Gasteiger partial charge in [-0.2, -0.15) is 15.3 Å². The Hall–Kier alpha value is -6.64. The van der Waals surface area contributed by atoms with Crippen LogP contribution in [0.5, 0.6) is 0 Å². The molecule has 0 bridgehead atoms. The summed E-state index contributed by atoms with van der Waals surface area (Å²) in [5, 5.41) is 13.6. The largest absolute Gasteiger partial charge is 3.00 e. The molecule has 287 valence electrons. The van der Waals surface area contributed by atoms with Crippen LogP contribution in [0.1, 0.15) is 34.2 Å². The standard InChI is InChI=1S/3C16H15N3.Ru/c3*1-12-8-6-7-11-15(12)19-16(17-13(2)18-19)14-9-4-3-5-10-14;/h3*3-11H,1-2H3;/q;;;+3. The molecule has 0 spiro atoms. The first-order chi connectivity index (χ1) is 27.8. The van der Waals surface area contributed by atoms with E-state index in [0.717, 1.165) is 68.7 Å². The van der Waals surface area contributed by atoms with E-state index >= 15 is 0 Å². The maximum atomic E-state index is 4.55. The maximum Gasteiger partial charge on any atom is 3.00 e. The van der Waals surface area contributed by atoms with Gasteiger partial charge in [-0.3, -0.25) is 0 Å². The molecule has 0 N–H and O–H groups in total. The average Bonchev–Trinajstić information content (AvgIpc) is 3.95. The minimum atomic E-state index is 0. The third kappa shape index (κ3) is 9.48. The fourth-order valence-electron chi connectivity index (χ4n) is 6.47. The topological polar surface area (TPSA) is 92.1 Å². The van der Waals surface area contributed by atoms with Gasteiger partial charge in [-0.1, -0.05) is 146 Å². The van der Waals surface area contributed by atoms with E-state index in [2.05, 4.69) is 124 Å². The second-order valence-electron chi connectivity index (χ2n) is 13.6. The summed E-state index contributed by atoms with van der Waals surface area (Å²) in [7, 11) is 0. The Morgan fingerprint density at radius 2 is 0.517 bits per heavy atom. The van der Waals surface area contributed by atoms with Crippen LogP contribution in [0.2, 0.25) is 0 Å². The predicted molar refractivity (Wildman–Crippen MR) is 229 cm³/mol. The zero-order chi connectivity index (χ0) is 39.7. The number of para-hydroxylation sites is 3. The number of hydrogen-bond donors (Lipinski definition) is 0. The van der Waals surface area contributed by atoms with Crippen molar-refractivity contribution in [1.29, 1.82) is 0 Å². The van der Waals surface area contributed by atoms with E-state index < -0.39 is 0 Å². The summed E-state index contributed by atoms with van der Waals surface area (Å²) in [6.45, 7) is 12.0. The number of hydrogen-bond acceptors (Lipinski definition) is 6. The van der Waals surface area contributed by atoms with Gasteiger partial charge in [-0.15, -0.1) is 0 Å². The Morgan fingerprint density at radius 3 is 0.759 bits per heavy atom. The van der Waals surface area contributed by atoms with E-state index in [1.807, 2.05) is 126 Å². The molecule has 9 nitrogen and oxygen atoms in total. The molecule has 3 heterocycles. The van der Waals surface area contributed by atoms with Crippen LogP contribution in [0.4, 0.5) is 0 Å². The average molecular weight is 849 g/mol. The van der Waals surface area contributed by atoms with Crippen molar-refractivity contribution in [3.63, 3.8) is 0 Å². The summed E-state index contributed by atoms with van der Waals surface area (Å²) in [6, 6.07) is 55.0. The Kier molecular flexibility index (Phi) is 13.4. The van der Waals surface area contributed by atoms with Gasteiger partial charge < -0.3 is 0 Å². The van der Waals surface area contributed by atoms with Crippen LogP contribution in [-0.2, 0) is 19.5 Å². The molecule has 0 unspecified atom stereocenters. The third-order valence-corrected chi connectivity index (χ3v) is 9.27. The van der Waals surface area contributed by atoms with Crippen LogP contribution in [0.3, 0.4) is 0 Å². The van der Waals surface area contributed by atoms with Crippen molar-refractivity contribution in [2.24, 2.45) is 0 Å². The fourth-order valence-corrected chi connectivity index (χ4v) is 6.47. The SMILES string of the molecule is Cc1nc(-c2ccccc2)n(-c2ccccc2C)n1.Cc1nc(-c2ccccc2)n(-c2ccccc2C)n1.Cc1nc(-c2ccccc2)n(-c2ccccc2C)n1.[Ru+3]. The number of benzene rings is 6. The second-order valence-corrected chi connectivity index (χ2v) is 13.6. The van der Waals surface area contributed by atoms with Crippen molar-refractivity contribution < 1.29 is 19.5 Å². The molecule has 9 aromatic rings. The molecule has 58 heavy (non-hydrogen) atoms. The smallest absolute Gasteiger partial charge is 0.213 e. The summed E-state index contributed by atoms with van der Waals surface area (Å²) in [4.78, 5) is 13.7. The van der Waals surface area contributed by atoms with Crippen molar-refractivity contribution in [2.45, 2.75) is 41.5 Å². The minimum Gasteiger partial charge on any atom is -0.213 e. The Balaban J connectivity index is 0.000000145. The van der Waals surface area contributed by atoms with Gasteiger partial charge in [0.05, 0.1) is 17.1 Å². The van der Waals surface area contributed by atoms with Crippen molar-refractivity contribution in [3.8, 4) is 51.2 Å². The molecular formula is C48H45N9Ru+3. The molecule has 0 amide bonds. The zero-order valence-corrected chi connectivity index (χ0v) is 35.2. The van der Waals surface area contributed by atoms with Crippen molar-refractivity contribution in [1.82, 2.24) is 44.3 Å². The molecule has 0 saturated heterocycles. The molecule has 0 aliphatic heterocycles. The van der Waals surface area contributed by atoms with Crippen LogP contribution in [-0.4, -0.2) is 44.3 Å². The molecule has 0 aliphatic carbocycles. The zero-order valence-electron chi connectivity index (χ0n) is 33.5. The molecule has 9 rings (SSSR count). The van der Waals surface area contributed by atoms with E-state index in [4.69, 9.17) is 0 Å².